The van der Waals surface area contributed by atoms with Gasteiger partial charge in [0, 0.05) is 16.8 Å². The van der Waals surface area contributed by atoms with Crippen molar-refractivity contribution in [3.63, 3.8) is 0 Å². The van der Waals surface area contributed by atoms with Crippen LogP contribution in [0, 0.1) is 11.8 Å². The summed E-state index contributed by atoms with van der Waals surface area (Å²) in [5.74, 6) is 6.07. The van der Waals surface area contributed by atoms with Crippen LogP contribution in [0.5, 0.6) is 0 Å². The van der Waals surface area contributed by atoms with Crippen LogP contribution in [0.25, 0.3) is 0 Å². The Balaban J connectivity index is 1.73. The Labute approximate surface area is 167 Å². The number of alkyl halides is 3. The zero-order chi connectivity index (χ0) is 20.6. The Morgan fingerprint density at radius 1 is 1.21 bits per heavy atom. The first-order chi connectivity index (χ1) is 13.2. The molecule has 3 N–H and O–H groups in total. The molecule has 0 radical (unpaired) electrons. The van der Waals surface area contributed by atoms with Gasteiger partial charge in [-0.05, 0) is 49.6 Å². The highest BCUT2D eigenvalue weighted by atomic mass is 32.1. The van der Waals surface area contributed by atoms with E-state index in [9.17, 15) is 18.3 Å². The molecule has 0 spiro atoms. The highest BCUT2D eigenvalue weighted by molar-refractivity contribution is 7.12. The van der Waals surface area contributed by atoms with Crippen LogP contribution in [0.3, 0.4) is 0 Å². The Bertz CT molecular complexity index is 819. The number of halogens is 3. The average Bonchev–Trinajstić information content (AvgIpc) is 3.10. The quantitative estimate of drug-likeness (QED) is 0.501. The molecule has 7 heteroatoms. The minimum atomic E-state index is -4.35. The van der Waals surface area contributed by atoms with Gasteiger partial charge in [-0.25, -0.2) is 0 Å². The molecule has 0 amide bonds. The van der Waals surface area contributed by atoms with Crippen molar-refractivity contribution in [1.82, 2.24) is 0 Å². The Morgan fingerprint density at radius 3 is 2.71 bits per heavy atom. The lowest BCUT2D eigenvalue weighted by Crippen LogP contribution is -2.40. The predicted molar refractivity (Wildman–Crippen MR) is 105 cm³/mol. The molecule has 0 aliphatic carbocycles. The lowest BCUT2D eigenvalue weighted by molar-refractivity contribution is -0.137. The molecule has 0 saturated heterocycles. The first-order valence-corrected chi connectivity index (χ1v) is 9.72. The fourth-order valence-electron chi connectivity index (χ4n) is 2.37. The number of hydrogen-bond acceptors (Lipinski definition) is 4. The van der Waals surface area contributed by atoms with Crippen LogP contribution < -0.4 is 5.73 Å². The number of rotatable bonds is 8. The highest BCUT2D eigenvalue weighted by Gasteiger charge is 2.30. The summed E-state index contributed by atoms with van der Waals surface area (Å²) in [4.78, 5) is 2.10. The van der Waals surface area contributed by atoms with E-state index in [-0.39, 0.29) is 13.2 Å². The van der Waals surface area contributed by atoms with E-state index in [1.807, 2.05) is 19.1 Å². The zero-order valence-electron chi connectivity index (χ0n) is 15.7. The molecule has 1 unspecified atom stereocenters. The van der Waals surface area contributed by atoms with Gasteiger partial charge in [0.15, 0.2) is 0 Å². The van der Waals surface area contributed by atoms with E-state index in [0.717, 1.165) is 28.3 Å². The van der Waals surface area contributed by atoms with Crippen LogP contribution >= 0.6 is 11.3 Å². The summed E-state index contributed by atoms with van der Waals surface area (Å²) in [7, 11) is 0. The first kappa shape index (κ1) is 22.4. The Morgan fingerprint density at radius 2 is 2.00 bits per heavy atom. The van der Waals surface area contributed by atoms with Crippen LogP contribution in [0.1, 0.15) is 40.6 Å². The van der Waals surface area contributed by atoms with Crippen molar-refractivity contribution < 1.29 is 23.0 Å². The summed E-state index contributed by atoms with van der Waals surface area (Å²) in [5.41, 5.74) is 5.17. The maximum atomic E-state index is 12.7. The van der Waals surface area contributed by atoms with Crippen molar-refractivity contribution in [3.8, 4) is 11.8 Å². The monoisotopic (exact) mass is 411 g/mol. The van der Waals surface area contributed by atoms with Gasteiger partial charge < -0.3 is 15.6 Å². The molecule has 0 bridgehead atoms. The van der Waals surface area contributed by atoms with Gasteiger partial charge >= 0.3 is 6.18 Å². The molecular formula is C21H24F3NO2S. The fraction of sp³-hybridized carbons (Fsp3) is 0.429. The second kappa shape index (κ2) is 10.1. The van der Waals surface area contributed by atoms with Crippen LogP contribution in [0.15, 0.2) is 36.4 Å². The Hall–Kier alpha value is -1.85. The zero-order valence-corrected chi connectivity index (χ0v) is 16.5. The van der Waals surface area contributed by atoms with Gasteiger partial charge in [-0.3, -0.25) is 0 Å². The van der Waals surface area contributed by atoms with Crippen LogP contribution in [-0.4, -0.2) is 23.9 Å². The van der Waals surface area contributed by atoms with Gasteiger partial charge in [-0.15, -0.1) is 11.3 Å². The van der Waals surface area contributed by atoms with E-state index in [1.54, 1.807) is 17.4 Å². The van der Waals surface area contributed by atoms with Crippen LogP contribution in [-0.2, 0) is 23.9 Å². The van der Waals surface area contributed by atoms with Crippen molar-refractivity contribution >= 4 is 11.3 Å². The van der Waals surface area contributed by atoms with Gasteiger partial charge in [0.05, 0.1) is 30.3 Å². The van der Waals surface area contributed by atoms with E-state index >= 15 is 0 Å². The maximum Gasteiger partial charge on any atom is 0.416 e. The van der Waals surface area contributed by atoms with Crippen molar-refractivity contribution in [3.05, 3.63) is 57.3 Å². The number of ether oxygens (including phenoxy) is 1. The van der Waals surface area contributed by atoms with Gasteiger partial charge in [0.1, 0.15) is 0 Å². The molecule has 2 rings (SSSR count). The Kier molecular flexibility index (Phi) is 8.08. The second-order valence-corrected chi connectivity index (χ2v) is 8.05. The molecule has 28 heavy (non-hydrogen) atoms. The molecule has 3 nitrogen and oxygen atoms in total. The minimum absolute atomic E-state index is 0.0501. The molecular weight excluding hydrogens is 387 g/mol. The molecule has 1 atom stereocenters. The number of thiophene rings is 1. The molecule has 152 valence electrons. The molecule has 1 heterocycles. The number of aliphatic hydroxyl groups is 1. The van der Waals surface area contributed by atoms with E-state index < -0.39 is 17.3 Å². The van der Waals surface area contributed by atoms with Gasteiger partial charge in [0.25, 0.3) is 0 Å². The van der Waals surface area contributed by atoms with Gasteiger partial charge in [-0.2, -0.15) is 13.2 Å². The van der Waals surface area contributed by atoms with E-state index in [0.29, 0.717) is 25.0 Å². The van der Waals surface area contributed by atoms with Gasteiger partial charge in [0.2, 0.25) is 0 Å². The van der Waals surface area contributed by atoms with Crippen LogP contribution in [0.2, 0.25) is 0 Å². The van der Waals surface area contributed by atoms with E-state index in [2.05, 4.69) is 11.8 Å². The number of nitrogens with two attached hydrogens (primary N) is 1. The topological polar surface area (TPSA) is 55.5 Å². The van der Waals surface area contributed by atoms with Crippen molar-refractivity contribution in [2.75, 3.05) is 13.2 Å². The largest absolute Gasteiger partial charge is 0.416 e. The average molecular weight is 411 g/mol. The lowest BCUT2D eigenvalue weighted by Gasteiger charge is -2.20. The third kappa shape index (κ3) is 7.64. The first-order valence-electron chi connectivity index (χ1n) is 8.91. The summed E-state index contributed by atoms with van der Waals surface area (Å²) in [6.07, 6.45) is -2.36. The predicted octanol–water partition coefficient (Wildman–Crippen LogP) is 4.37. The molecule has 0 aliphatic heterocycles. The van der Waals surface area contributed by atoms with Crippen LogP contribution in [0.4, 0.5) is 13.2 Å². The normalized spacial score (nSPS) is 13.6. The minimum Gasteiger partial charge on any atom is -0.394 e. The third-order valence-electron chi connectivity index (χ3n) is 4.07. The van der Waals surface area contributed by atoms with Gasteiger partial charge in [-0.1, -0.05) is 24.0 Å². The number of benzene rings is 1. The molecule has 0 saturated carbocycles. The second-order valence-electron chi connectivity index (χ2n) is 6.88. The smallest absolute Gasteiger partial charge is 0.394 e. The van der Waals surface area contributed by atoms with E-state index in [4.69, 9.17) is 10.5 Å². The SMILES string of the molecule is CC(N)(CO)CCc1ccc(C#CCCOCc2cccc(C(F)(F)F)c2)s1. The third-order valence-corrected chi connectivity index (χ3v) is 5.13. The molecule has 1 aromatic heterocycles. The molecule has 0 aliphatic rings. The number of hydrogen-bond donors (Lipinski definition) is 2. The van der Waals surface area contributed by atoms with Crippen molar-refractivity contribution in [2.24, 2.45) is 5.73 Å². The fourth-order valence-corrected chi connectivity index (χ4v) is 3.25. The summed E-state index contributed by atoms with van der Waals surface area (Å²) in [5, 5.41) is 9.18. The lowest BCUT2D eigenvalue weighted by atomic mass is 9.98. The van der Waals surface area contributed by atoms with Crippen molar-refractivity contribution in [1.29, 1.82) is 0 Å². The summed E-state index contributed by atoms with van der Waals surface area (Å²) < 4.78 is 43.4. The standard InChI is InChI=1S/C21H24F3NO2S/c1-20(25,15-26)11-10-19-9-8-18(28-19)7-2-3-12-27-14-16-5-4-6-17(13-16)21(22,23)24/h4-6,8-9,13,26H,3,10-12,14-15,25H2,1H3. The summed E-state index contributed by atoms with van der Waals surface area (Å²) >= 11 is 1.59. The summed E-state index contributed by atoms with van der Waals surface area (Å²) in [6.45, 7) is 2.24. The number of aliphatic hydroxyl groups excluding tert-OH is 1. The van der Waals surface area contributed by atoms with E-state index in [1.165, 1.54) is 6.07 Å². The molecule has 1 aromatic carbocycles. The number of aryl methyl sites for hydroxylation is 1. The maximum absolute atomic E-state index is 12.7. The highest BCUT2D eigenvalue weighted by Crippen LogP contribution is 2.29. The van der Waals surface area contributed by atoms with Crippen molar-refractivity contribution in [2.45, 2.75) is 44.5 Å². The summed E-state index contributed by atoms with van der Waals surface area (Å²) in [6, 6.07) is 9.08. The molecule has 0 fully saturated rings. The molecule has 2 aromatic rings.